The van der Waals surface area contributed by atoms with Gasteiger partial charge in [-0.25, -0.2) is 0 Å². The summed E-state index contributed by atoms with van der Waals surface area (Å²) in [5, 5.41) is 0.710. The minimum atomic E-state index is -0.684. The molecule has 0 N–H and O–H groups in total. The van der Waals surface area contributed by atoms with Gasteiger partial charge in [-0.3, -0.25) is 9.59 Å². The highest BCUT2D eigenvalue weighted by Gasteiger charge is 2.40. The second-order valence-corrected chi connectivity index (χ2v) is 5.15. The van der Waals surface area contributed by atoms with Gasteiger partial charge in [-0.1, -0.05) is 24.3 Å². The molecule has 4 heteroatoms. The zero-order chi connectivity index (χ0) is 12.7. The van der Waals surface area contributed by atoms with E-state index in [1.54, 1.807) is 43.5 Å². The number of hydrogen-bond acceptors (Lipinski definition) is 4. The van der Waals surface area contributed by atoms with E-state index in [1.165, 1.54) is 11.3 Å². The molecular formula is C14H10O3S. The first-order valence-electron chi connectivity index (χ1n) is 5.53. The van der Waals surface area contributed by atoms with Crippen molar-refractivity contribution in [2.24, 2.45) is 0 Å². The van der Waals surface area contributed by atoms with Gasteiger partial charge in [-0.2, -0.15) is 0 Å². The summed E-state index contributed by atoms with van der Waals surface area (Å²) in [6.45, 7) is 0. The van der Waals surface area contributed by atoms with E-state index in [9.17, 15) is 9.59 Å². The van der Waals surface area contributed by atoms with Crippen molar-refractivity contribution in [2.45, 2.75) is 5.92 Å². The Labute approximate surface area is 108 Å². The molecule has 1 aromatic carbocycles. The van der Waals surface area contributed by atoms with Gasteiger partial charge >= 0.3 is 0 Å². The fraction of sp³-hybridized carbons (Fsp3) is 0.143. The Bertz CT molecular complexity index is 607. The van der Waals surface area contributed by atoms with Crippen molar-refractivity contribution in [3.05, 3.63) is 52.4 Å². The molecule has 1 aliphatic carbocycles. The second kappa shape index (κ2) is 4.07. The van der Waals surface area contributed by atoms with Crippen molar-refractivity contribution in [1.29, 1.82) is 0 Å². The summed E-state index contributed by atoms with van der Waals surface area (Å²) < 4.78 is 5.10. The smallest absolute Gasteiger partial charge is 0.179 e. The Balaban J connectivity index is 2.06. The molecule has 0 atom stereocenters. The summed E-state index contributed by atoms with van der Waals surface area (Å²) in [5.74, 6) is -0.906. The van der Waals surface area contributed by atoms with E-state index in [1.807, 2.05) is 0 Å². The molecule has 0 saturated heterocycles. The molecule has 1 aliphatic rings. The molecule has 3 nitrogen and oxygen atoms in total. The lowest BCUT2D eigenvalue weighted by molar-refractivity contribution is 0.0892. The maximum Gasteiger partial charge on any atom is 0.179 e. The van der Waals surface area contributed by atoms with Crippen LogP contribution >= 0.6 is 11.3 Å². The Hall–Kier alpha value is -1.94. The molecule has 0 aliphatic heterocycles. The largest absolute Gasteiger partial charge is 0.487 e. The molecule has 18 heavy (non-hydrogen) atoms. The van der Waals surface area contributed by atoms with Crippen LogP contribution in [-0.2, 0) is 0 Å². The lowest BCUT2D eigenvalue weighted by Crippen LogP contribution is -2.10. The van der Waals surface area contributed by atoms with E-state index >= 15 is 0 Å². The molecule has 0 amide bonds. The van der Waals surface area contributed by atoms with Gasteiger partial charge in [0.1, 0.15) is 5.92 Å². The number of carbonyl (C=O) groups is 2. The Morgan fingerprint density at radius 1 is 1.00 bits per heavy atom. The topological polar surface area (TPSA) is 43.4 Å². The lowest BCUT2D eigenvalue weighted by Gasteiger charge is -2.02. The Morgan fingerprint density at radius 3 is 2.11 bits per heavy atom. The number of methoxy groups -OCH3 is 1. The van der Waals surface area contributed by atoms with E-state index in [4.69, 9.17) is 4.74 Å². The zero-order valence-corrected chi connectivity index (χ0v) is 10.5. The predicted molar refractivity (Wildman–Crippen MR) is 68.7 cm³/mol. The fourth-order valence-electron chi connectivity index (χ4n) is 2.20. The molecule has 1 aromatic heterocycles. The Morgan fingerprint density at radius 2 is 1.61 bits per heavy atom. The van der Waals surface area contributed by atoms with E-state index in [0.717, 1.165) is 4.88 Å². The third-order valence-corrected chi connectivity index (χ3v) is 4.18. The monoisotopic (exact) mass is 258 g/mol. The number of fused-ring (bicyclic) bond motifs is 1. The van der Waals surface area contributed by atoms with Crippen molar-refractivity contribution in [3.63, 3.8) is 0 Å². The van der Waals surface area contributed by atoms with Gasteiger partial charge in [-0.15, -0.1) is 11.3 Å². The van der Waals surface area contributed by atoms with Crippen LogP contribution in [0, 0.1) is 0 Å². The van der Waals surface area contributed by atoms with Crippen molar-refractivity contribution in [3.8, 4) is 5.06 Å². The van der Waals surface area contributed by atoms with Gasteiger partial charge in [0.15, 0.2) is 16.6 Å². The van der Waals surface area contributed by atoms with E-state index in [2.05, 4.69) is 0 Å². The normalized spacial score (nSPS) is 14.9. The average molecular weight is 258 g/mol. The average Bonchev–Trinajstić information content (AvgIpc) is 2.95. The van der Waals surface area contributed by atoms with Crippen molar-refractivity contribution < 1.29 is 14.3 Å². The molecule has 0 radical (unpaired) electrons. The minimum Gasteiger partial charge on any atom is -0.487 e. The van der Waals surface area contributed by atoms with E-state index < -0.39 is 5.92 Å². The van der Waals surface area contributed by atoms with Crippen LogP contribution in [0.2, 0.25) is 0 Å². The number of Topliss-reactive ketones (excluding diaryl/α,β-unsaturated/α-hetero) is 2. The third-order valence-electron chi connectivity index (χ3n) is 3.07. The zero-order valence-electron chi connectivity index (χ0n) is 9.67. The SMILES string of the molecule is COc1ccc(C2C(=O)c3ccccc3C2=O)s1. The molecule has 2 aromatic rings. The number of rotatable bonds is 2. The first-order chi connectivity index (χ1) is 8.72. The molecule has 0 bridgehead atoms. The Kier molecular flexibility index (Phi) is 2.52. The van der Waals surface area contributed by atoms with Crippen LogP contribution in [0.25, 0.3) is 0 Å². The minimum absolute atomic E-state index is 0.111. The highest BCUT2D eigenvalue weighted by Crippen LogP contribution is 2.38. The van der Waals surface area contributed by atoms with Gasteiger partial charge in [0.2, 0.25) is 0 Å². The molecule has 0 fully saturated rings. The first-order valence-corrected chi connectivity index (χ1v) is 6.35. The quantitative estimate of drug-likeness (QED) is 0.778. The fourth-order valence-corrected chi connectivity index (χ4v) is 3.12. The van der Waals surface area contributed by atoms with E-state index in [-0.39, 0.29) is 11.6 Å². The summed E-state index contributed by atoms with van der Waals surface area (Å²) in [4.78, 5) is 25.2. The maximum absolute atomic E-state index is 12.3. The van der Waals surface area contributed by atoms with Crippen LogP contribution in [-0.4, -0.2) is 18.7 Å². The summed E-state index contributed by atoms with van der Waals surface area (Å²) in [7, 11) is 1.57. The molecule has 1 heterocycles. The van der Waals surface area contributed by atoms with Crippen LogP contribution in [0.5, 0.6) is 5.06 Å². The van der Waals surface area contributed by atoms with Gasteiger partial charge in [0, 0.05) is 16.0 Å². The highest BCUT2D eigenvalue weighted by atomic mass is 32.1. The van der Waals surface area contributed by atoms with Crippen LogP contribution in [0.4, 0.5) is 0 Å². The highest BCUT2D eigenvalue weighted by molar-refractivity contribution is 7.14. The first kappa shape index (κ1) is 11.2. The summed E-state index contributed by atoms with van der Waals surface area (Å²) >= 11 is 1.34. The number of hydrogen-bond donors (Lipinski definition) is 0. The molecular weight excluding hydrogens is 248 g/mol. The number of ketones is 2. The number of carbonyl (C=O) groups excluding carboxylic acids is 2. The van der Waals surface area contributed by atoms with Crippen LogP contribution in [0.1, 0.15) is 31.5 Å². The summed E-state index contributed by atoms with van der Waals surface area (Å²) in [6.07, 6.45) is 0. The number of benzene rings is 1. The van der Waals surface area contributed by atoms with Crippen molar-refractivity contribution in [2.75, 3.05) is 7.11 Å². The van der Waals surface area contributed by atoms with Crippen molar-refractivity contribution >= 4 is 22.9 Å². The lowest BCUT2D eigenvalue weighted by atomic mass is 10.0. The van der Waals surface area contributed by atoms with Gasteiger partial charge < -0.3 is 4.74 Å². The van der Waals surface area contributed by atoms with Gasteiger partial charge in [-0.05, 0) is 12.1 Å². The van der Waals surface area contributed by atoms with Gasteiger partial charge in [0.05, 0.1) is 7.11 Å². The number of thiophene rings is 1. The van der Waals surface area contributed by atoms with Gasteiger partial charge in [0.25, 0.3) is 0 Å². The number of ether oxygens (including phenoxy) is 1. The second-order valence-electron chi connectivity index (χ2n) is 4.07. The molecule has 0 unspecified atom stereocenters. The molecule has 90 valence electrons. The van der Waals surface area contributed by atoms with Crippen LogP contribution < -0.4 is 4.74 Å². The molecule has 0 spiro atoms. The van der Waals surface area contributed by atoms with E-state index in [0.29, 0.717) is 16.2 Å². The third kappa shape index (κ3) is 1.49. The standard InChI is InChI=1S/C14H10O3S/c1-17-11-7-6-10(18-11)12-13(15)8-4-2-3-5-9(8)14(12)16/h2-7,12H,1H3. The maximum atomic E-state index is 12.3. The summed E-state index contributed by atoms with van der Waals surface area (Å²) in [5.41, 5.74) is 1.06. The van der Waals surface area contributed by atoms with Crippen molar-refractivity contribution in [1.82, 2.24) is 0 Å². The van der Waals surface area contributed by atoms with Crippen LogP contribution in [0.15, 0.2) is 36.4 Å². The van der Waals surface area contributed by atoms with Crippen LogP contribution in [0.3, 0.4) is 0 Å². The molecule has 3 rings (SSSR count). The molecule has 0 saturated carbocycles. The predicted octanol–water partition coefficient (Wildman–Crippen LogP) is 2.92. The summed E-state index contributed by atoms with van der Waals surface area (Å²) in [6, 6.07) is 10.5.